The third kappa shape index (κ3) is 6.13. The Balaban J connectivity index is 1.48. The molecule has 0 fully saturated rings. The smallest absolute Gasteiger partial charge is 0.172 e. The molecule has 0 amide bonds. The fraction of sp³-hybridized carbons (Fsp3) is 0.156. The summed E-state index contributed by atoms with van der Waals surface area (Å²) in [5.74, 6) is 0. The Labute approximate surface area is 220 Å². The molecule has 0 bridgehead atoms. The van der Waals surface area contributed by atoms with Crippen molar-refractivity contribution >= 4 is 28.1 Å². The van der Waals surface area contributed by atoms with Gasteiger partial charge < -0.3 is 9.30 Å². The number of aromatic nitrogens is 1. The Hall–Kier alpha value is -3.80. The molecular weight excluding hydrogens is 476 g/mol. The van der Waals surface area contributed by atoms with Gasteiger partial charge in [0.25, 0.3) is 0 Å². The quantitative estimate of drug-likeness (QED) is 0.153. The maximum atomic E-state index is 13.0. The highest BCUT2D eigenvalue weighted by atomic mass is 32.2. The molecule has 1 heterocycles. The summed E-state index contributed by atoms with van der Waals surface area (Å²) in [6, 6.07) is 36.7. The molecule has 0 spiro atoms. The molecule has 5 rings (SSSR count). The summed E-state index contributed by atoms with van der Waals surface area (Å²) >= 11 is 0. The topological polar surface area (TPSA) is 43.6 Å². The van der Waals surface area contributed by atoms with Gasteiger partial charge in [-0.05, 0) is 48.2 Å². The molecule has 0 aliphatic rings. The average Bonchev–Trinajstić information content (AvgIpc) is 3.23. The van der Waals surface area contributed by atoms with Crippen LogP contribution in [0, 0.1) is 6.92 Å². The Morgan fingerprint density at radius 1 is 0.811 bits per heavy atom. The van der Waals surface area contributed by atoms with E-state index in [-0.39, 0.29) is 0 Å². The van der Waals surface area contributed by atoms with E-state index in [0.717, 1.165) is 34.3 Å². The second kappa shape index (κ2) is 12.0. The van der Waals surface area contributed by atoms with Crippen molar-refractivity contribution in [2.45, 2.75) is 31.4 Å². The van der Waals surface area contributed by atoms with E-state index in [1.54, 1.807) is 6.21 Å². The largest absolute Gasteiger partial charge is 0.376 e. The van der Waals surface area contributed by atoms with Crippen LogP contribution >= 0.6 is 0 Å². The van der Waals surface area contributed by atoms with Crippen LogP contribution in [-0.4, -0.2) is 21.6 Å². The van der Waals surface area contributed by atoms with E-state index in [4.69, 9.17) is 4.74 Å². The zero-order chi connectivity index (χ0) is 25.5. The normalized spacial score (nSPS) is 12.4. The lowest BCUT2D eigenvalue weighted by Gasteiger charge is -2.10. The average molecular weight is 507 g/mol. The van der Waals surface area contributed by atoms with E-state index in [9.17, 15) is 4.21 Å². The van der Waals surface area contributed by atoms with Gasteiger partial charge >= 0.3 is 0 Å². The van der Waals surface area contributed by atoms with Gasteiger partial charge in [-0.25, -0.2) is 4.21 Å². The fourth-order valence-electron chi connectivity index (χ4n) is 4.49. The summed E-state index contributed by atoms with van der Waals surface area (Å²) < 4.78 is 25.9. The van der Waals surface area contributed by atoms with Gasteiger partial charge in [-0.1, -0.05) is 96.6 Å². The number of nitrogens with zero attached hydrogens (tertiary/aromatic N) is 2. The van der Waals surface area contributed by atoms with Gasteiger partial charge in [0.15, 0.2) is 11.0 Å². The summed E-state index contributed by atoms with van der Waals surface area (Å²) in [5.41, 5.74) is 6.74. The second-order valence-electron chi connectivity index (χ2n) is 9.04. The molecule has 1 atom stereocenters. The Bertz CT molecular complexity index is 1510. The van der Waals surface area contributed by atoms with Crippen molar-refractivity contribution in [2.75, 3.05) is 6.61 Å². The molecule has 4 aromatic carbocycles. The molecule has 0 radical (unpaired) electrons. The minimum atomic E-state index is -1.48. The predicted octanol–water partition coefficient (Wildman–Crippen LogP) is 6.90. The van der Waals surface area contributed by atoms with Crippen molar-refractivity contribution in [3.8, 4) is 0 Å². The van der Waals surface area contributed by atoms with Gasteiger partial charge in [-0.2, -0.15) is 4.40 Å². The van der Waals surface area contributed by atoms with E-state index < -0.39 is 11.0 Å². The van der Waals surface area contributed by atoms with Gasteiger partial charge in [-0.15, -0.1) is 0 Å². The van der Waals surface area contributed by atoms with Crippen LogP contribution < -0.4 is 0 Å². The number of ether oxygens (including phenoxy) is 1. The zero-order valence-corrected chi connectivity index (χ0v) is 21.7. The molecule has 186 valence electrons. The molecule has 0 aliphatic carbocycles. The van der Waals surface area contributed by atoms with E-state index in [0.29, 0.717) is 24.7 Å². The van der Waals surface area contributed by atoms with Crippen LogP contribution in [0.15, 0.2) is 118 Å². The number of benzene rings is 4. The van der Waals surface area contributed by atoms with Crippen LogP contribution in [0.25, 0.3) is 10.9 Å². The minimum absolute atomic E-state index is 0.574. The van der Waals surface area contributed by atoms with Crippen molar-refractivity contribution in [1.29, 1.82) is 0 Å². The van der Waals surface area contributed by atoms with Crippen molar-refractivity contribution in [1.82, 2.24) is 4.57 Å². The third-order valence-electron chi connectivity index (χ3n) is 6.40. The first kappa shape index (κ1) is 24.9. The molecule has 37 heavy (non-hydrogen) atoms. The highest BCUT2D eigenvalue weighted by Gasteiger charge is 2.16. The van der Waals surface area contributed by atoms with Crippen LogP contribution in [0.1, 0.15) is 27.9 Å². The zero-order valence-electron chi connectivity index (χ0n) is 20.9. The molecule has 1 aromatic heterocycles. The SMILES string of the molecule is Cc1ccc([S@](=O)/N=C/c2c(CCOCc3ccccc3)c3ccccc3n2Cc2ccccc2)cc1. The van der Waals surface area contributed by atoms with Crippen molar-refractivity contribution in [2.24, 2.45) is 4.40 Å². The Morgan fingerprint density at radius 2 is 1.46 bits per heavy atom. The first-order valence-corrected chi connectivity index (χ1v) is 13.6. The van der Waals surface area contributed by atoms with Gasteiger partial charge in [0.05, 0.1) is 30.0 Å². The second-order valence-corrected chi connectivity index (χ2v) is 10.2. The van der Waals surface area contributed by atoms with Crippen LogP contribution in [0.2, 0.25) is 0 Å². The predicted molar refractivity (Wildman–Crippen MR) is 152 cm³/mol. The van der Waals surface area contributed by atoms with E-state index in [2.05, 4.69) is 69.6 Å². The molecule has 5 aromatic rings. The lowest BCUT2D eigenvalue weighted by molar-refractivity contribution is 0.124. The molecular formula is C32H30N2O2S. The monoisotopic (exact) mass is 506 g/mol. The first-order valence-electron chi connectivity index (χ1n) is 12.5. The number of para-hydroxylation sites is 1. The molecule has 5 heteroatoms. The van der Waals surface area contributed by atoms with Crippen LogP contribution in [0.5, 0.6) is 0 Å². The molecule has 0 saturated heterocycles. The fourth-order valence-corrected chi connectivity index (χ4v) is 5.18. The number of fused-ring (bicyclic) bond motifs is 1. The Kier molecular flexibility index (Phi) is 8.04. The van der Waals surface area contributed by atoms with Crippen molar-refractivity contribution < 1.29 is 8.95 Å². The van der Waals surface area contributed by atoms with Crippen molar-refractivity contribution in [3.05, 3.63) is 137 Å². The molecule has 0 aliphatic heterocycles. The lowest BCUT2D eigenvalue weighted by atomic mass is 10.1. The van der Waals surface area contributed by atoms with Gasteiger partial charge in [0.1, 0.15) is 0 Å². The van der Waals surface area contributed by atoms with E-state index >= 15 is 0 Å². The van der Waals surface area contributed by atoms with E-state index in [1.807, 2.05) is 55.5 Å². The van der Waals surface area contributed by atoms with Gasteiger partial charge in [0.2, 0.25) is 0 Å². The summed E-state index contributed by atoms with van der Waals surface area (Å²) in [6.45, 7) is 3.87. The maximum Gasteiger partial charge on any atom is 0.172 e. The number of rotatable bonds is 10. The summed E-state index contributed by atoms with van der Waals surface area (Å²) in [4.78, 5) is 0.695. The minimum Gasteiger partial charge on any atom is -0.376 e. The summed E-state index contributed by atoms with van der Waals surface area (Å²) in [6.07, 6.45) is 2.51. The van der Waals surface area contributed by atoms with E-state index in [1.165, 1.54) is 10.9 Å². The maximum absolute atomic E-state index is 13.0. The number of hydrogen-bond acceptors (Lipinski definition) is 2. The molecule has 0 N–H and O–H groups in total. The van der Waals surface area contributed by atoms with Crippen molar-refractivity contribution in [3.63, 3.8) is 0 Å². The number of aryl methyl sites for hydroxylation is 1. The highest BCUT2D eigenvalue weighted by molar-refractivity contribution is 7.83. The summed E-state index contributed by atoms with van der Waals surface area (Å²) in [5, 5.41) is 1.17. The summed E-state index contributed by atoms with van der Waals surface area (Å²) in [7, 11) is -1.48. The van der Waals surface area contributed by atoms with Gasteiger partial charge in [-0.3, -0.25) is 0 Å². The highest BCUT2D eigenvalue weighted by Crippen LogP contribution is 2.27. The van der Waals surface area contributed by atoms with Crippen LogP contribution in [0.4, 0.5) is 0 Å². The first-order chi connectivity index (χ1) is 18.2. The molecule has 0 unspecified atom stereocenters. The Morgan fingerprint density at radius 3 is 2.19 bits per heavy atom. The van der Waals surface area contributed by atoms with Gasteiger partial charge in [0, 0.05) is 17.4 Å². The van der Waals surface area contributed by atoms with Crippen LogP contribution in [-0.2, 0) is 35.3 Å². The lowest BCUT2D eigenvalue weighted by Crippen LogP contribution is -2.07. The van der Waals surface area contributed by atoms with Crippen LogP contribution in [0.3, 0.4) is 0 Å². The standard InChI is InChI=1S/C32H30N2O2S/c1-25-16-18-28(19-17-25)37(35)33-22-32-30(20-21-36-24-27-12-6-3-7-13-27)29-14-8-9-15-31(29)34(32)23-26-10-4-2-5-11-26/h2-19,22H,20-21,23-24H2,1H3/b33-22+/t37-/m0/s1. The number of hydrogen-bond donors (Lipinski definition) is 0. The molecule has 4 nitrogen and oxygen atoms in total. The molecule has 0 saturated carbocycles. The third-order valence-corrected chi connectivity index (χ3v) is 7.38.